The molecule has 2 heterocycles. The average Bonchev–Trinajstić information content (AvgIpc) is 3.03. The molecule has 0 N–H and O–H groups in total. The summed E-state index contributed by atoms with van der Waals surface area (Å²) in [6, 6.07) is 14.4. The van der Waals surface area contributed by atoms with Crippen LogP contribution in [0.3, 0.4) is 0 Å². The van der Waals surface area contributed by atoms with Gasteiger partial charge in [-0.25, -0.2) is 4.98 Å². The zero-order valence-corrected chi connectivity index (χ0v) is 18.5. The summed E-state index contributed by atoms with van der Waals surface area (Å²) in [5, 5.41) is 1.23. The van der Waals surface area contributed by atoms with Crippen molar-refractivity contribution in [2.75, 3.05) is 13.1 Å². The van der Waals surface area contributed by atoms with Crippen LogP contribution in [0.25, 0.3) is 16.6 Å². The van der Waals surface area contributed by atoms with Crippen molar-refractivity contribution in [3.63, 3.8) is 0 Å². The van der Waals surface area contributed by atoms with Gasteiger partial charge in [-0.2, -0.15) is 0 Å². The first-order chi connectivity index (χ1) is 14.5. The normalized spacial score (nSPS) is 15.7. The lowest BCUT2D eigenvalue weighted by Crippen LogP contribution is -2.37. The highest BCUT2D eigenvalue weighted by Gasteiger charge is 2.25. The molecule has 1 aliphatic rings. The number of para-hydroxylation sites is 1. The number of thioether (sulfide) groups is 1. The lowest BCUT2D eigenvalue weighted by Gasteiger charge is -2.24. The summed E-state index contributed by atoms with van der Waals surface area (Å²) in [6.45, 7) is 3.49. The van der Waals surface area contributed by atoms with Crippen molar-refractivity contribution in [2.24, 2.45) is 0 Å². The first kappa shape index (κ1) is 20.9. The first-order valence-corrected chi connectivity index (χ1v) is 11.5. The summed E-state index contributed by atoms with van der Waals surface area (Å²) in [5.41, 5.74) is 1.10. The van der Waals surface area contributed by atoms with Crippen molar-refractivity contribution < 1.29 is 4.79 Å². The van der Waals surface area contributed by atoms with Gasteiger partial charge in [-0.1, -0.05) is 54.4 Å². The Kier molecular flexibility index (Phi) is 6.44. The largest absolute Gasteiger partial charge is 0.342 e. The molecule has 0 bridgehead atoms. The predicted molar refractivity (Wildman–Crippen MR) is 123 cm³/mol. The molecule has 4 rings (SSSR count). The summed E-state index contributed by atoms with van der Waals surface area (Å²) in [5.74, 6) is 0.0990. The van der Waals surface area contributed by atoms with Gasteiger partial charge in [-0.05, 0) is 50.1 Å². The third-order valence-corrected chi connectivity index (χ3v) is 6.63. The summed E-state index contributed by atoms with van der Waals surface area (Å²) in [7, 11) is 0. The molecule has 1 saturated heterocycles. The van der Waals surface area contributed by atoms with E-state index in [0.29, 0.717) is 26.8 Å². The minimum Gasteiger partial charge on any atom is -0.342 e. The van der Waals surface area contributed by atoms with Crippen molar-refractivity contribution in [3.05, 3.63) is 63.9 Å². The van der Waals surface area contributed by atoms with Crippen molar-refractivity contribution in [2.45, 2.75) is 43.0 Å². The number of nitrogens with zero attached hydrogens (tertiary/aromatic N) is 3. The number of benzene rings is 2. The van der Waals surface area contributed by atoms with Gasteiger partial charge in [-0.15, -0.1) is 0 Å². The molecule has 0 saturated carbocycles. The fraction of sp³-hybridized carbons (Fsp3) is 0.348. The molecule has 1 atom stereocenters. The number of halogens is 1. The van der Waals surface area contributed by atoms with Gasteiger partial charge >= 0.3 is 0 Å². The van der Waals surface area contributed by atoms with Gasteiger partial charge in [-0.3, -0.25) is 14.2 Å². The maximum atomic E-state index is 13.3. The monoisotopic (exact) mass is 441 g/mol. The Labute approximate surface area is 185 Å². The summed E-state index contributed by atoms with van der Waals surface area (Å²) in [6.07, 6.45) is 4.44. The molecule has 1 aromatic heterocycles. The quantitative estimate of drug-likeness (QED) is 0.426. The summed E-state index contributed by atoms with van der Waals surface area (Å²) in [4.78, 5) is 33.1. The van der Waals surface area contributed by atoms with Crippen LogP contribution < -0.4 is 5.56 Å². The molecule has 2 aromatic carbocycles. The van der Waals surface area contributed by atoms with E-state index in [1.807, 2.05) is 36.1 Å². The maximum absolute atomic E-state index is 13.3. The van der Waals surface area contributed by atoms with Crippen LogP contribution >= 0.6 is 23.4 Å². The van der Waals surface area contributed by atoms with E-state index in [1.165, 1.54) is 24.6 Å². The van der Waals surface area contributed by atoms with E-state index in [-0.39, 0.29) is 16.7 Å². The number of carbonyl (C=O) groups excluding carboxylic acids is 1. The third kappa shape index (κ3) is 4.40. The van der Waals surface area contributed by atoms with Gasteiger partial charge in [0.1, 0.15) is 0 Å². The molecule has 7 heteroatoms. The lowest BCUT2D eigenvalue weighted by molar-refractivity contribution is -0.130. The highest BCUT2D eigenvalue weighted by atomic mass is 35.5. The number of hydrogen-bond acceptors (Lipinski definition) is 4. The minimum absolute atomic E-state index is 0.0990. The van der Waals surface area contributed by atoms with Crippen molar-refractivity contribution in [3.8, 4) is 5.69 Å². The molecule has 1 unspecified atom stereocenters. The van der Waals surface area contributed by atoms with Crippen molar-refractivity contribution >= 4 is 40.2 Å². The van der Waals surface area contributed by atoms with Crippen molar-refractivity contribution in [1.82, 2.24) is 14.5 Å². The Bertz CT molecular complexity index is 1120. The standard InChI is InChI=1S/C23H24ClN3O2S/c1-16(21(28)26-13-6-2-3-7-14-26)30-23-25-20-12-5-4-11-19(20)22(29)27(23)18-10-8-9-17(24)15-18/h4-5,8-12,15-16H,2-3,6-7,13-14H2,1H3. The second-order valence-electron chi connectivity index (χ2n) is 7.53. The highest BCUT2D eigenvalue weighted by molar-refractivity contribution is 8.00. The molecule has 0 aliphatic carbocycles. The van der Waals surface area contributed by atoms with Gasteiger partial charge in [0.25, 0.3) is 5.56 Å². The molecule has 30 heavy (non-hydrogen) atoms. The molecule has 1 aliphatic heterocycles. The summed E-state index contributed by atoms with van der Waals surface area (Å²) >= 11 is 7.51. The van der Waals surface area contributed by atoms with Crippen LogP contribution in [0.2, 0.25) is 5.02 Å². The second kappa shape index (κ2) is 9.23. The molecule has 3 aromatic rings. The first-order valence-electron chi connectivity index (χ1n) is 10.3. The third-order valence-electron chi connectivity index (χ3n) is 5.36. The van der Waals surface area contributed by atoms with Crippen LogP contribution in [-0.4, -0.2) is 38.7 Å². The van der Waals surface area contributed by atoms with E-state index in [9.17, 15) is 9.59 Å². The van der Waals surface area contributed by atoms with Gasteiger partial charge in [0.05, 0.1) is 21.8 Å². The van der Waals surface area contributed by atoms with Gasteiger partial charge in [0.2, 0.25) is 5.91 Å². The minimum atomic E-state index is -0.346. The predicted octanol–water partition coefficient (Wildman–Crippen LogP) is 4.92. The zero-order chi connectivity index (χ0) is 21.1. The molecular formula is C23H24ClN3O2S. The van der Waals surface area contributed by atoms with Crippen LogP contribution in [0, 0.1) is 0 Å². The Morgan fingerprint density at radius 1 is 1.07 bits per heavy atom. The van der Waals surface area contributed by atoms with Crippen LogP contribution in [0.4, 0.5) is 0 Å². The molecular weight excluding hydrogens is 418 g/mol. The van der Waals surface area contributed by atoms with E-state index in [0.717, 1.165) is 25.9 Å². The van der Waals surface area contributed by atoms with E-state index >= 15 is 0 Å². The number of amides is 1. The van der Waals surface area contributed by atoms with Gasteiger partial charge in [0.15, 0.2) is 5.16 Å². The van der Waals surface area contributed by atoms with Crippen LogP contribution in [0.5, 0.6) is 0 Å². The van der Waals surface area contributed by atoms with Crippen LogP contribution in [0.1, 0.15) is 32.6 Å². The second-order valence-corrected chi connectivity index (χ2v) is 9.28. The molecule has 1 fully saturated rings. The fourth-order valence-electron chi connectivity index (χ4n) is 3.79. The number of rotatable bonds is 4. The number of hydrogen-bond donors (Lipinski definition) is 0. The zero-order valence-electron chi connectivity index (χ0n) is 16.9. The Hall–Kier alpha value is -2.31. The SMILES string of the molecule is CC(Sc1nc2ccccc2c(=O)n1-c1cccc(Cl)c1)C(=O)N1CCCCCC1. The Morgan fingerprint density at radius 2 is 1.80 bits per heavy atom. The Morgan fingerprint density at radius 3 is 2.53 bits per heavy atom. The molecule has 0 radical (unpaired) electrons. The maximum Gasteiger partial charge on any atom is 0.266 e. The van der Waals surface area contributed by atoms with Gasteiger partial charge in [0, 0.05) is 18.1 Å². The number of likely N-dealkylation sites (tertiary alicyclic amines) is 1. The van der Waals surface area contributed by atoms with Crippen molar-refractivity contribution in [1.29, 1.82) is 0 Å². The Balaban J connectivity index is 1.74. The molecule has 1 amide bonds. The fourth-order valence-corrected chi connectivity index (χ4v) is 4.99. The van der Waals surface area contributed by atoms with Gasteiger partial charge < -0.3 is 4.90 Å². The molecule has 156 valence electrons. The highest BCUT2D eigenvalue weighted by Crippen LogP contribution is 2.27. The number of carbonyl (C=O) groups is 1. The van der Waals surface area contributed by atoms with E-state index in [1.54, 1.807) is 28.8 Å². The smallest absolute Gasteiger partial charge is 0.266 e. The van der Waals surface area contributed by atoms with Crippen LogP contribution in [0.15, 0.2) is 58.5 Å². The molecule has 5 nitrogen and oxygen atoms in total. The average molecular weight is 442 g/mol. The van der Waals surface area contributed by atoms with E-state index in [4.69, 9.17) is 16.6 Å². The van der Waals surface area contributed by atoms with Crippen LogP contribution in [-0.2, 0) is 4.79 Å². The number of fused-ring (bicyclic) bond motifs is 1. The topological polar surface area (TPSA) is 55.2 Å². The molecule has 0 spiro atoms. The lowest BCUT2D eigenvalue weighted by atomic mass is 10.2. The van der Waals surface area contributed by atoms with E-state index < -0.39 is 0 Å². The number of aromatic nitrogens is 2. The van der Waals surface area contributed by atoms with E-state index in [2.05, 4.69) is 0 Å². The summed E-state index contributed by atoms with van der Waals surface area (Å²) < 4.78 is 1.56.